The van der Waals surface area contributed by atoms with E-state index in [4.69, 9.17) is 5.11 Å². The van der Waals surface area contributed by atoms with Gasteiger partial charge in [-0.25, -0.2) is 0 Å². The summed E-state index contributed by atoms with van der Waals surface area (Å²) in [5.41, 5.74) is 2.02. The molecule has 0 amide bonds. The highest BCUT2D eigenvalue weighted by atomic mass is 16.3. The first-order chi connectivity index (χ1) is 4.33. The van der Waals surface area contributed by atoms with Crippen LogP contribution in [-0.2, 0) is 6.61 Å². The van der Waals surface area contributed by atoms with E-state index in [1.54, 1.807) is 0 Å². The number of aliphatic hydroxyl groups excluding tert-OH is 1. The maximum absolute atomic E-state index is 8.60. The van der Waals surface area contributed by atoms with E-state index in [0.29, 0.717) is 0 Å². The lowest BCUT2D eigenvalue weighted by Gasteiger charge is -1.93. The van der Waals surface area contributed by atoms with Crippen LogP contribution in [0.3, 0.4) is 0 Å². The van der Waals surface area contributed by atoms with Gasteiger partial charge in [0.2, 0.25) is 0 Å². The van der Waals surface area contributed by atoms with Crippen molar-refractivity contribution in [1.82, 2.24) is 0 Å². The van der Waals surface area contributed by atoms with Crippen LogP contribution in [0.4, 0.5) is 0 Å². The molecule has 0 saturated carbocycles. The first-order valence-electron chi connectivity index (χ1n) is 2.91. The maximum Gasteiger partial charge on any atom is 0.0687 e. The average Bonchev–Trinajstić information content (AvgIpc) is 1.90. The molecule has 1 rings (SSSR count). The van der Waals surface area contributed by atoms with Crippen LogP contribution >= 0.6 is 0 Å². The van der Waals surface area contributed by atoms with Crippen LogP contribution in [0.2, 0.25) is 0 Å². The third-order valence-electron chi connectivity index (χ3n) is 1.20. The van der Waals surface area contributed by atoms with Gasteiger partial charge in [0, 0.05) is 0 Å². The molecule has 0 aromatic heterocycles. The molecule has 0 aliphatic rings. The lowest BCUT2D eigenvalue weighted by Crippen LogP contribution is -1.81. The molecule has 0 bridgehead atoms. The minimum Gasteiger partial charge on any atom is -0.392 e. The van der Waals surface area contributed by atoms with Crippen LogP contribution in [-0.4, -0.2) is 5.11 Å². The molecule has 9 heavy (non-hydrogen) atoms. The van der Waals surface area contributed by atoms with E-state index in [1.165, 1.54) is 5.56 Å². The number of rotatable bonds is 1. The Bertz CT molecular complexity index is 176. The second-order valence-corrected chi connectivity index (χ2v) is 2.05. The molecule has 0 unspecified atom stereocenters. The van der Waals surface area contributed by atoms with Crippen LogP contribution in [0.5, 0.6) is 0 Å². The largest absolute Gasteiger partial charge is 0.392 e. The van der Waals surface area contributed by atoms with Gasteiger partial charge < -0.3 is 5.11 Å². The van der Waals surface area contributed by atoms with Crippen LogP contribution < -0.4 is 0 Å². The van der Waals surface area contributed by atoms with E-state index >= 15 is 0 Å². The fourth-order valence-electron chi connectivity index (χ4n) is 0.633. The zero-order valence-corrected chi connectivity index (χ0v) is 5.39. The Morgan fingerprint density at radius 2 is 2.33 bits per heavy atom. The summed E-state index contributed by atoms with van der Waals surface area (Å²) >= 11 is 0. The Balaban J connectivity index is 2.88. The molecule has 0 spiro atoms. The summed E-state index contributed by atoms with van der Waals surface area (Å²) in [4.78, 5) is 0. The lowest BCUT2D eigenvalue weighted by molar-refractivity contribution is 0.281. The van der Waals surface area contributed by atoms with Gasteiger partial charge in [0.15, 0.2) is 0 Å². The normalized spacial score (nSPS) is 9.56. The molecule has 0 fully saturated rings. The zero-order chi connectivity index (χ0) is 6.69. The summed E-state index contributed by atoms with van der Waals surface area (Å²) in [5, 5.41) is 8.60. The Kier molecular flexibility index (Phi) is 1.85. The van der Waals surface area contributed by atoms with E-state index < -0.39 is 0 Å². The van der Waals surface area contributed by atoms with E-state index in [2.05, 4.69) is 6.07 Å². The van der Waals surface area contributed by atoms with Crippen molar-refractivity contribution >= 4 is 0 Å². The van der Waals surface area contributed by atoms with Gasteiger partial charge in [0.1, 0.15) is 0 Å². The molecule has 0 atom stereocenters. The van der Waals surface area contributed by atoms with Crippen LogP contribution in [0.15, 0.2) is 18.2 Å². The van der Waals surface area contributed by atoms with Gasteiger partial charge in [0.25, 0.3) is 0 Å². The van der Waals surface area contributed by atoms with Crippen molar-refractivity contribution < 1.29 is 5.11 Å². The predicted octanol–water partition coefficient (Wildman–Crippen LogP) is 1.29. The smallest absolute Gasteiger partial charge is 0.0687 e. The number of benzene rings is 1. The molecule has 1 nitrogen and oxygen atoms in total. The summed E-state index contributed by atoms with van der Waals surface area (Å²) in [6.45, 7) is 2.08. The predicted molar refractivity (Wildman–Crippen MR) is 35.9 cm³/mol. The number of aryl methyl sites for hydroxylation is 1. The van der Waals surface area contributed by atoms with Crippen LogP contribution in [0.1, 0.15) is 11.1 Å². The maximum atomic E-state index is 8.60. The van der Waals surface area contributed by atoms with Crippen molar-refractivity contribution in [1.29, 1.82) is 0 Å². The SMILES string of the molecule is Cc1c[c]c(CO)cc1. The highest BCUT2D eigenvalue weighted by Crippen LogP contribution is 2.00. The van der Waals surface area contributed by atoms with Gasteiger partial charge in [0.05, 0.1) is 6.61 Å². The molecule has 0 saturated heterocycles. The van der Waals surface area contributed by atoms with Crippen molar-refractivity contribution in [2.75, 3.05) is 0 Å². The molecule has 1 aromatic rings. The average molecular weight is 121 g/mol. The Morgan fingerprint density at radius 1 is 1.56 bits per heavy atom. The number of hydrogen-bond donors (Lipinski definition) is 1. The van der Waals surface area contributed by atoms with Gasteiger partial charge in [-0.15, -0.1) is 0 Å². The van der Waals surface area contributed by atoms with Gasteiger partial charge in [-0.2, -0.15) is 0 Å². The van der Waals surface area contributed by atoms with Crippen molar-refractivity contribution in [2.45, 2.75) is 13.5 Å². The molecule has 1 aromatic carbocycles. The van der Waals surface area contributed by atoms with Crippen molar-refractivity contribution in [3.63, 3.8) is 0 Å². The molecular weight excluding hydrogens is 112 g/mol. The van der Waals surface area contributed by atoms with Gasteiger partial charge in [-0.05, 0) is 18.6 Å². The molecule has 1 N–H and O–H groups in total. The highest BCUT2D eigenvalue weighted by molar-refractivity contribution is 5.18. The Labute approximate surface area is 55.0 Å². The van der Waals surface area contributed by atoms with E-state index in [0.717, 1.165) is 5.56 Å². The van der Waals surface area contributed by atoms with Gasteiger partial charge >= 0.3 is 0 Å². The second-order valence-electron chi connectivity index (χ2n) is 2.05. The van der Waals surface area contributed by atoms with Crippen molar-refractivity contribution in [3.05, 3.63) is 35.4 Å². The second kappa shape index (κ2) is 2.65. The fourth-order valence-corrected chi connectivity index (χ4v) is 0.633. The molecule has 0 aliphatic carbocycles. The summed E-state index contributed by atoms with van der Waals surface area (Å²) in [5.74, 6) is 0. The van der Waals surface area contributed by atoms with Crippen molar-refractivity contribution in [3.8, 4) is 0 Å². The Morgan fingerprint density at radius 3 is 2.78 bits per heavy atom. The molecule has 0 aliphatic heterocycles. The van der Waals surface area contributed by atoms with E-state index in [9.17, 15) is 0 Å². The Hall–Kier alpha value is -0.820. The molecule has 47 valence electrons. The van der Waals surface area contributed by atoms with Crippen molar-refractivity contribution in [2.24, 2.45) is 0 Å². The molecule has 1 heteroatoms. The number of aliphatic hydroxyl groups is 1. The minimum atomic E-state index is 0.0836. The summed E-state index contributed by atoms with van der Waals surface area (Å²) < 4.78 is 0. The summed E-state index contributed by atoms with van der Waals surface area (Å²) in [6, 6.07) is 8.63. The molecule has 1 radical (unpaired) electrons. The van der Waals surface area contributed by atoms with Gasteiger partial charge in [-0.3, -0.25) is 0 Å². The van der Waals surface area contributed by atoms with Gasteiger partial charge in [-0.1, -0.05) is 23.8 Å². The lowest BCUT2D eigenvalue weighted by atomic mass is 10.2. The van der Waals surface area contributed by atoms with E-state index in [-0.39, 0.29) is 6.61 Å². The standard InChI is InChI=1S/C8H9O/c1-7-2-4-8(6-9)5-3-7/h2-4,9H,6H2,1H3. The minimum absolute atomic E-state index is 0.0836. The van der Waals surface area contributed by atoms with Crippen LogP contribution in [0, 0.1) is 13.0 Å². The number of hydrogen-bond acceptors (Lipinski definition) is 1. The summed E-state index contributed by atoms with van der Waals surface area (Å²) in [7, 11) is 0. The zero-order valence-electron chi connectivity index (χ0n) is 5.39. The topological polar surface area (TPSA) is 20.2 Å². The quantitative estimate of drug-likeness (QED) is 0.593. The molecular formula is C8H9O. The summed E-state index contributed by atoms with van der Waals surface area (Å²) in [6.07, 6.45) is 0. The highest BCUT2D eigenvalue weighted by Gasteiger charge is 1.86. The monoisotopic (exact) mass is 121 g/mol. The third-order valence-corrected chi connectivity index (χ3v) is 1.20. The molecule has 0 heterocycles. The van der Waals surface area contributed by atoms with Crippen LogP contribution in [0.25, 0.3) is 0 Å². The first kappa shape index (κ1) is 6.30. The fraction of sp³-hybridized carbons (Fsp3) is 0.250. The first-order valence-corrected chi connectivity index (χ1v) is 2.91. The van der Waals surface area contributed by atoms with E-state index in [1.807, 2.05) is 25.1 Å². The third kappa shape index (κ3) is 1.54.